The molecule has 2 aromatic rings. The largest absolute Gasteiger partial charge is 0.366 e. The third-order valence-electron chi connectivity index (χ3n) is 2.82. The first kappa shape index (κ1) is 14.1. The molecule has 2 unspecified atom stereocenters. The maximum absolute atomic E-state index is 5.57. The Balaban J connectivity index is 2.13. The van der Waals surface area contributed by atoms with Crippen LogP contribution in [-0.4, -0.2) is 14.2 Å². The Morgan fingerprint density at radius 3 is 1.37 bits per heavy atom. The minimum atomic E-state index is -0.0358. The van der Waals surface area contributed by atoms with E-state index in [4.69, 9.17) is 9.47 Å². The van der Waals surface area contributed by atoms with Gasteiger partial charge in [0.2, 0.25) is 0 Å². The van der Waals surface area contributed by atoms with Crippen molar-refractivity contribution in [2.24, 2.45) is 0 Å². The molecule has 0 radical (unpaired) electrons. The maximum atomic E-state index is 5.57. The Morgan fingerprint density at radius 2 is 1.05 bits per heavy atom. The molecule has 0 heterocycles. The summed E-state index contributed by atoms with van der Waals surface area (Å²) in [4.78, 5) is 0. The van der Waals surface area contributed by atoms with Crippen molar-refractivity contribution in [3.63, 3.8) is 0 Å². The van der Waals surface area contributed by atoms with Crippen molar-refractivity contribution in [1.82, 2.24) is 0 Å². The van der Waals surface area contributed by atoms with E-state index < -0.39 is 0 Å². The van der Waals surface area contributed by atoms with Gasteiger partial charge in [-0.15, -0.1) is 0 Å². The Morgan fingerprint density at radius 1 is 0.684 bits per heavy atom. The molecule has 2 atom stereocenters. The third kappa shape index (κ3) is 3.83. The van der Waals surface area contributed by atoms with Gasteiger partial charge >= 0.3 is 0 Å². The van der Waals surface area contributed by atoms with Gasteiger partial charge in [-0.1, -0.05) is 72.4 Å². The standard InChI is InChI=1S/C16H18O2S/c1-17-15(13-9-5-3-6-10-13)19-16(18-2)14-11-7-4-8-12-14/h3-12,15-16H,1-2H3. The van der Waals surface area contributed by atoms with Gasteiger partial charge in [-0.2, -0.15) is 0 Å². The third-order valence-corrected chi connectivity index (χ3v) is 4.24. The molecule has 0 spiro atoms. The lowest BCUT2D eigenvalue weighted by Crippen LogP contribution is -2.03. The van der Waals surface area contributed by atoms with Gasteiger partial charge in [0.05, 0.1) is 0 Å². The van der Waals surface area contributed by atoms with E-state index in [0.29, 0.717) is 0 Å². The second-order valence-corrected chi connectivity index (χ2v) is 5.22. The molecule has 100 valence electrons. The Kier molecular flexibility index (Phi) is 5.45. The molecule has 0 amide bonds. The predicted molar refractivity (Wildman–Crippen MR) is 80.0 cm³/mol. The first-order valence-corrected chi connectivity index (χ1v) is 7.10. The molecular weight excluding hydrogens is 256 g/mol. The van der Waals surface area contributed by atoms with Gasteiger partial charge in [0, 0.05) is 14.2 Å². The maximum Gasteiger partial charge on any atom is 0.130 e. The van der Waals surface area contributed by atoms with Crippen molar-refractivity contribution in [2.75, 3.05) is 14.2 Å². The van der Waals surface area contributed by atoms with Crippen molar-refractivity contribution in [2.45, 2.75) is 10.9 Å². The van der Waals surface area contributed by atoms with E-state index in [1.807, 2.05) is 36.4 Å². The molecule has 0 fully saturated rings. The van der Waals surface area contributed by atoms with Crippen molar-refractivity contribution in [1.29, 1.82) is 0 Å². The van der Waals surface area contributed by atoms with Crippen LogP contribution in [0.3, 0.4) is 0 Å². The first-order chi connectivity index (χ1) is 9.35. The summed E-state index contributed by atoms with van der Waals surface area (Å²) in [6.07, 6.45) is 0. The van der Waals surface area contributed by atoms with Crippen LogP contribution in [0.5, 0.6) is 0 Å². The Labute approximate surface area is 118 Å². The first-order valence-electron chi connectivity index (χ1n) is 6.16. The normalized spacial score (nSPS) is 14.0. The summed E-state index contributed by atoms with van der Waals surface area (Å²) in [6, 6.07) is 20.4. The number of benzene rings is 2. The summed E-state index contributed by atoms with van der Waals surface area (Å²) >= 11 is 1.65. The van der Waals surface area contributed by atoms with Gasteiger partial charge in [-0.25, -0.2) is 0 Å². The molecule has 19 heavy (non-hydrogen) atoms. The molecule has 0 aliphatic rings. The molecule has 0 aromatic heterocycles. The predicted octanol–water partition coefficient (Wildman–Crippen LogP) is 4.41. The van der Waals surface area contributed by atoms with Gasteiger partial charge in [0.25, 0.3) is 0 Å². The Bertz CT molecular complexity index is 427. The van der Waals surface area contributed by atoms with Crippen molar-refractivity contribution >= 4 is 11.8 Å². The van der Waals surface area contributed by atoms with Crippen LogP contribution in [0.25, 0.3) is 0 Å². The zero-order chi connectivity index (χ0) is 13.5. The van der Waals surface area contributed by atoms with E-state index in [9.17, 15) is 0 Å². The number of hydrogen-bond acceptors (Lipinski definition) is 3. The quantitative estimate of drug-likeness (QED) is 0.727. The molecule has 3 heteroatoms. The van der Waals surface area contributed by atoms with Crippen LogP contribution in [-0.2, 0) is 9.47 Å². The van der Waals surface area contributed by atoms with E-state index >= 15 is 0 Å². The summed E-state index contributed by atoms with van der Waals surface area (Å²) in [6.45, 7) is 0. The summed E-state index contributed by atoms with van der Waals surface area (Å²) in [5.74, 6) is 0. The van der Waals surface area contributed by atoms with Crippen LogP contribution >= 0.6 is 11.8 Å². The molecule has 0 aliphatic carbocycles. The summed E-state index contributed by atoms with van der Waals surface area (Å²) in [5.41, 5.74) is 2.22. The van der Waals surface area contributed by atoms with Crippen LogP contribution < -0.4 is 0 Å². The molecule has 0 saturated carbocycles. The van der Waals surface area contributed by atoms with Crippen LogP contribution in [0, 0.1) is 0 Å². The number of rotatable bonds is 6. The van der Waals surface area contributed by atoms with E-state index in [-0.39, 0.29) is 10.9 Å². The van der Waals surface area contributed by atoms with Crippen LogP contribution in [0.15, 0.2) is 60.7 Å². The minimum absolute atomic E-state index is 0.0358. The van der Waals surface area contributed by atoms with E-state index in [1.54, 1.807) is 26.0 Å². The fourth-order valence-corrected chi connectivity index (χ4v) is 2.95. The molecule has 2 nitrogen and oxygen atoms in total. The molecule has 0 bridgehead atoms. The average molecular weight is 274 g/mol. The lowest BCUT2D eigenvalue weighted by molar-refractivity contribution is 0.151. The SMILES string of the molecule is COC(SC(OC)c1ccccc1)c1ccccc1. The summed E-state index contributed by atoms with van der Waals surface area (Å²) in [7, 11) is 3.45. The van der Waals surface area contributed by atoms with Gasteiger partial charge in [0.15, 0.2) is 0 Å². The van der Waals surface area contributed by atoms with Gasteiger partial charge < -0.3 is 9.47 Å². The smallest absolute Gasteiger partial charge is 0.130 e. The number of methoxy groups -OCH3 is 2. The minimum Gasteiger partial charge on any atom is -0.366 e. The van der Waals surface area contributed by atoms with E-state index in [2.05, 4.69) is 24.3 Å². The number of ether oxygens (including phenoxy) is 2. The Hall–Kier alpha value is -1.29. The number of hydrogen-bond donors (Lipinski definition) is 0. The lowest BCUT2D eigenvalue weighted by atomic mass is 10.2. The highest BCUT2D eigenvalue weighted by atomic mass is 32.2. The monoisotopic (exact) mass is 274 g/mol. The summed E-state index contributed by atoms with van der Waals surface area (Å²) < 4.78 is 11.1. The average Bonchev–Trinajstić information content (AvgIpc) is 2.50. The fourth-order valence-electron chi connectivity index (χ4n) is 1.87. The van der Waals surface area contributed by atoms with Crippen LogP contribution in [0.1, 0.15) is 22.0 Å². The molecule has 0 N–H and O–H groups in total. The zero-order valence-electron chi connectivity index (χ0n) is 11.2. The fraction of sp³-hybridized carbons (Fsp3) is 0.250. The second kappa shape index (κ2) is 7.34. The highest BCUT2D eigenvalue weighted by Gasteiger charge is 2.19. The van der Waals surface area contributed by atoms with E-state index in [1.165, 1.54) is 0 Å². The molecule has 2 rings (SSSR count). The molecule has 2 aromatic carbocycles. The molecule has 0 saturated heterocycles. The van der Waals surface area contributed by atoms with Crippen LogP contribution in [0.2, 0.25) is 0 Å². The lowest BCUT2D eigenvalue weighted by Gasteiger charge is -2.22. The van der Waals surface area contributed by atoms with Gasteiger partial charge in [-0.05, 0) is 11.1 Å². The second-order valence-electron chi connectivity index (χ2n) is 4.09. The number of thioether (sulfide) groups is 1. The van der Waals surface area contributed by atoms with Crippen LogP contribution in [0.4, 0.5) is 0 Å². The molecular formula is C16H18O2S. The van der Waals surface area contributed by atoms with Crippen molar-refractivity contribution in [3.8, 4) is 0 Å². The topological polar surface area (TPSA) is 18.5 Å². The molecule has 0 aliphatic heterocycles. The zero-order valence-corrected chi connectivity index (χ0v) is 12.0. The van der Waals surface area contributed by atoms with Crippen molar-refractivity contribution < 1.29 is 9.47 Å². The van der Waals surface area contributed by atoms with Gasteiger partial charge in [-0.3, -0.25) is 0 Å². The highest BCUT2D eigenvalue weighted by molar-refractivity contribution is 7.99. The van der Waals surface area contributed by atoms with E-state index in [0.717, 1.165) is 11.1 Å². The van der Waals surface area contributed by atoms with Gasteiger partial charge in [0.1, 0.15) is 10.9 Å². The van der Waals surface area contributed by atoms with Crippen molar-refractivity contribution in [3.05, 3.63) is 71.8 Å². The highest BCUT2D eigenvalue weighted by Crippen LogP contribution is 2.40. The summed E-state index contributed by atoms with van der Waals surface area (Å²) in [5, 5.41) is 0.